The zero-order valence-electron chi connectivity index (χ0n) is 8.13. The average Bonchev–Trinajstić information content (AvgIpc) is 2.04. The zero-order valence-corrected chi connectivity index (χ0v) is 8.95. The molecule has 0 saturated carbocycles. The van der Waals surface area contributed by atoms with Gasteiger partial charge < -0.3 is 0 Å². The molecular weight excluding hydrogens is 170 g/mol. The van der Waals surface area contributed by atoms with Gasteiger partial charge in [0.25, 0.3) is 12.6 Å². The Hall–Kier alpha value is -0.560. The van der Waals surface area contributed by atoms with Crippen LogP contribution in [0, 0.1) is 10.8 Å². The van der Waals surface area contributed by atoms with E-state index < -0.39 is 9.62 Å². The van der Waals surface area contributed by atoms with E-state index in [1.807, 2.05) is 6.26 Å². The molecule has 0 aromatic heterocycles. The van der Waals surface area contributed by atoms with Crippen LogP contribution < -0.4 is 0 Å². The third-order valence-electron chi connectivity index (χ3n) is 1.46. The number of rotatable bonds is 3. The predicted molar refractivity (Wildman–Crippen MR) is 56.2 cm³/mol. The first kappa shape index (κ1) is 11.4. The van der Waals surface area contributed by atoms with Crippen LogP contribution >= 0.6 is 0 Å². The van der Waals surface area contributed by atoms with Crippen molar-refractivity contribution >= 4 is 9.62 Å². The van der Waals surface area contributed by atoms with E-state index >= 15 is 0 Å². The summed E-state index contributed by atoms with van der Waals surface area (Å²) in [4.78, 5) is 4.07. The Kier molecular flexibility index (Phi) is 5.73. The molecule has 0 aromatic carbocycles. The van der Waals surface area contributed by atoms with E-state index in [4.69, 9.17) is 4.78 Å². The lowest BCUT2D eigenvalue weighted by Crippen LogP contribution is -1.99. The summed E-state index contributed by atoms with van der Waals surface area (Å²) >= 11 is 0. The van der Waals surface area contributed by atoms with Gasteiger partial charge in [0.2, 0.25) is 0 Å². The van der Waals surface area contributed by atoms with Crippen LogP contribution in [0.2, 0.25) is 0 Å². The molecule has 0 spiro atoms. The summed E-state index contributed by atoms with van der Waals surface area (Å²) in [5.74, 6) is 0.788. The molecule has 0 aliphatic rings. The fourth-order valence-electron chi connectivity index (χ4n) is 0.606. The van der Waals surface area contributed by atoms with Crippen molar-refractivity contribution in [3.8, 4) is 6.07 Å². The fraction of sp³-hybridized carbons (Fsp3) is 0.875. The quantitative estimate of drug-likeness (QED) is 0.707. The lowest BCUT2D eigenvalue weighted by Gasteiger charge is -1.99. The lowest BCUT2D eigenvalue weighted by atomic mass is 10.5. The van der Waals surface area contributed by atoms with E-state index in [1.165, 1.54) is 0 Å². The number of nitrogens with zero attached hydrogens (tertiary/aromatic N) is 2. The van der Waals surface area contributed by atoms with Gasteiger partial charge in [0, 0.05) is 25.5 Å². The largest absolute Gasteiger partial charge is 0.273 e. The highest BCUT2D eigenvalue weighted by molar-refractivity contribution is 7.93. The van der Waals surface area contributed by atoms with Crippen molar-refractivity contribution < 1.29 is 0 Å². The minimum Gasteiger partial charge on any atom is -0.270 e. The van der Waals surface area contributed by atoms with E-state index in [9.17, 15) is 0 Å². The minimum atomic E-state index is -1.45. The molecule has 3 nitrogen and oxygen atoms in total. The van der Waals surface area contributed by atoms with E-state index in [-0.39, 0.29) is 0 Å². The summed E-state index contributed by atoms with van der Waals surface area (Å²) in [6.07, 6.45) is 3.72. The monoisotopic (exact) mass is 188 g/mol. The van der Waals surface area contributed by atoms with Gasteiger partial charge in [0.15, 0.2) is 0 Å². The molecule has 12 heavy (non-hydrogen) atoms. The van der Waals surface area contributed by atoms with Crippen LogP contribution in [0.5, 0.6) is 0 Å². The van der Waals surface area contributed by atoms with Crippen molar-refractivity contribution in [1.82, 2.24) is 0 Å². The van der Waals surface area contributed by atoms with Gasteiger partial charge in [-0.15, -0.1) is 0 Å². The third kappa shape index (κ3) is 6.17. The van der Waals surface area contributed by atoms with Crippen molar-refractivity contribution in [1.29, 1.82) is 4.78 Å². The number of nitrogens with one attached hydrogen (secondary N) is 1. The highest BCUT2D eigenvalue weighted by Gasteiger charge is 1.96. The first-order valence-electron chi connectivity index (χ1n) is 4.13. The Morgan fingerprint density at radius 3 is 2.75 bits per heavy atom. The van der Waals surface area contributed by atoms with Crippen molar-refractivity contribution in [2.45, 2.75) is 19.8 Å². The molecule has 0 aliphatic heterocycles. The maximum Gasteiger partial charge on any atom is 0.273 e. The molecule has 0 saturated heterocycles. The van der Waals surface area contributed by atoms with Crippen LogP contribution in [0.4, 0.5) is 0 Å². The summed E-state index contributed by atoms with van der Waals surface area (Å²) in [6, 6.07) is 2.94. The van der Waals surface area contributed by atoms with Crippen LogP contribution in [0.15, 0.2) is 4.36 Å². The molecule has 70 valence electrons. The van der Waals surface area contributed by atoms with Crippen molar-refractivity contribution in [3.05, 3.63) is 4.85 Å². The molecule has 0 heterocycles. The molecule has 0 aliphatic carbocycles. The Balaban J connectivity index is 3.74. The molecule has 1 atom stereocenters. The standard InChI is InChI=1S/C8H18N3S/c1-4-6-11-7-5-8-12(3,9)10-2/h9H,4-6,8H2,1-3H3/q+1. The zero-order chi connectivity index (χ0) is 9.45. The van der Waals surface area contributed by atoms with E-state index in [1.54, 1.807) is 7.05 Å². The maximum atomic E-state index is 7.69. The van der Waals surface area contributed by atoms with Crippen molar-refractivity contribution in [2.24, 2.45) is 4.36 Å². The van der Waals surface area contributed by atoms with Crippen molar-refractivity contribution in [2.75, 3.05) is 25.6 Å². The van der Waals surface area contributed by atoms with Gasteiger partial charge in [-0.1, -0.05) is 21.4 Å². The first-order chi connectivity index (χ1) is 5.62. The first-order valence-corrected chi connectivity index (χ1v) is 6.30. The molecule has 0 fully saturated rings. The van der Waals surface area contributed by atoms with Gasteiger partial charge in [-0.3, -0.25) is 9.14 Å². The van der Waals surface area contributed by atoms with E-state index in [0.717, 1.165) is 25.1 Å². The number of hydrogen-bond donors (Lipinski definition) is 1. The van der Waals surface area contributed by atoms with Crippen LogP contribution in [0.3, 0.4) is 0 Å². The van der Waals surface area contributed by atoms with E-state index in [2.05, 4.69) is 22.2 Å². The lowest BCUT2D eigenvalue weighted by molar-refractivity contribution is 1.03. The Bertz CT molecular complexity index is 276. The molecule has 0 amide bonds. The van der Waals surface area contributed by atoms with Crippen molar-refractivity contribution in [3.63, 3.8) is 0 Å². The Morgan fingerprint density at radius 1 is 1.58 bits per heavy atom. The van der Waals surface area contributed by atoms with Gasteiger partial charge in [0.1, 0.15) is 0 Å². The molecule has 0 radical (unpaired) electrons. The van der Waals surface area contributed by atoms with Gasteiger partial charge in [-0.2, -0.15) is 0 Å². The smallest absolute Gasteiger partial charge is 0.270 e. The second-order valence-corrected chi connectivity index (χ2v) is 5.57. The average molecular weight is 188 g/mol. The second kappa shape index (κ2) is 6.01. The fourth-order valence-corrected chi connectivity index (χ4v) is 1.28. The summed E-state index contributed by atoms with van der Waals surface area (Å²) in [5.41, 5.74) is 0. The SMILES string of the molecule is CCC[N+]#CCCS(C)(=N)=NC. The topological polar surface area (TPSA) is 40.6 Å². The Morgan fingerprint density at radius 2 is 2.25 bits per heavy atom. The third-order valence-corrected chi connectivity index (χ3v) is 3.27. The van der Waals surface area contributed by atoms with E-state index in [0.29, 0.717) is 0 Å². The molecule has 0 rings (SSSR count). The molecule has 1 N–H and O–H groups in total. The molecular formula is C8H18N3S+. The predicted octanol–water partition coefficient (Wildman–Crippen LogP) is 2.48. The van der Waals surface area contributed by atoms with Gasteiger partial charge in [0.05, 0.1) is 6.42 Å². The van der Waals surface area contributed by atoms with Gasteiger partial charge in [-0.25, -0.2) is 0 Å². The summed E-state index contributed by atoms with van der Waals surface area (Å²) in [6.45, 7) is 2.94. The second-order valence-electron chi connectivity index (χ2n) is 2.72. The highest BCUT2D eigenvalue weighted by Crippen LogP contribution is 1.93. The number of hydrogen-bond acceptors (Lipinski definition) is 2. The van der Waals surface area contributed by atoms with Gasteiger partial charge in [-0.05, 0) is 0 Å². The van der Waals surface area contributed by atoms with Crippen LogP contribution in [-0.2, 0) is 9.62 Å². The Labute approximate surface area is 75.6 Å². The van der Waals surface area contributed by atoms with Crippen LogP contribution in [0.1, 0.15) is 19.8 Å². The molecule has 4 heteroatoms. The molecule has 0 bridgehead atoms. The highest BCUT2D eigenvalue weighted by atomic mass is 32.2. The minimum absolute atomic E-state index is 0.771. The maximum absolute atomic E-state index is 7.69. The normalized spacial score (nSPS) is 14.2. The molecule has 1 unspecified atom stereocenters. The summed E-state index contributed by atoms with van der Waals surface area (Å²) < 4.78 is 11.7. The van der Waals surface area contributed by atoms with Crippen LogP contribution in [0.25, 0.3) is 4.85 Å². The summed E-state index contributed by atoms with van der Waals surface area (Å²) in [5, 5.41) is 0. The molecule has 0 aromatic rings. The summed E-state index contributed by atoms with van der Waals surface area (Å²) in [7, 11) is 0.260. The van der Waals surface area contributed by atoms with Crippen LogP contribution in [-0.4, -0.2) is 25.6 Å². The van der Waals surface area contributed by atoms with Gasteiger partial charge >= 0.3 is 0 Å².